The quantitative estimate of drug-likeness (QED) is 0.409. The van der Waals surface area contributed by atoms with Crippen LogP contribution < -0.4 is 0 Å². The van der Waals surface area contributed by atoms with Crippen LogP contribution in [0.5, 0.6) is 0 Å². The highest BCUT2D eigenvalue weighted by Crippen LogP contribution is 2.58. The van der Waals surface area contributed by atoms with Gasteiger partial charge >= 0.3 is 11.2 Å². The summed E-state index contributed by atoms with van der Waals surface area (Å²) in [6.45, 7) is 0. The summed E-state index contributed by atoms with van der Waals surface area (Å²) in [6, 6.07) is 0. The SMILES string of the molecule is CS(=O)(=O)OC1CC2CC1CC2C(F)(F)C(F)(F)S(=O)(=O)[O-]. The van der Waals surface area contributed by atoms with Gasteiger partial charge in [0.1, 0.15) is 0 Å². The summed E-state index contributed by atoms with van der Waals surface area (Å²) in [5, 5.41) is -5.71. The zero-order valence-corrected chi connectivity index (χ0v) is 12.8. The van der Waals surface area contributed by atoms with Crippen LogP contribution in [0.2, 0.25) is 0 Å². The van der Waals surface area contributed by atoms with Crippen molar-refractivity contribution in [2.24, 2.45) is 17.8 Å². The molecule has 12 heteroatoms. The highest BCUT2D eigenvalue weighted by molar-refractivity contribution is 7.86. The smallest absolute Gasteiger partial charge is 0.396 e. The lowest BCUT2D eigenvalue weighted by molar-refractivity contribution is -0.204. The lowest BCUT2D eigenvalue weighted by Gasteiger charge is -2.37. The van der Waals surface area contributed by atoms with E-state index in [2.05, 4.69) is 0 Å². The number of halogens is 4. The summed E-state index contributed by atoms with van der Waals surface area (Å²) < 4.78 is 112. The first-order chi connectivity index (χ1) is 9.67. The molecule has 0 aromatic rings. The van der Waals surface area contributed by atoms with Gasteiger partial charge in [-0.3, -0.25) is 4.18 Å². The van der Waals surface area contributed by atoms with Gasteiger partial charge in [-0.15, -0.1) is 0 Å². The Morgan fingerprint density at radius 3 is 1.91 bits per heavy atom. The summed E-state index contributed by atoms with van der Waals surface area (Å²) in [5.74, 6) is -8.74. The highest BCUT2D eigenvalue weighted by atomic mass is 32.2. The van der Waals surface area contributed by atoms with Crippen molar-refractivity contribution in [2.45, 2.75) is 36.5 Å². The van der Waals surface area contributed by atoms with Crippen LogP contribution in [-0.4, -0.2) is 44.9 Å². The highest BCUT2D eigenvalue weighted by Gasteiger charge is 2.69. The van der Waals surface area contributed by atoms with E-state index < -0.39 is 61.7 Å². The minimum absolute atomic E-state index is 0.0232. The molecule has 2 rings (SSSR count). The van der Waals surface area contributed by atoms with Gasteiger partial charge in [-0.05, 0) is 31.1 Å². The number of hydrogen-bond donors (Lipinski definition) is 0. The number of alkyl halides is 4. The van der Waals surface area contributed by atoms with Crippen molar-refractivity contribution in [2.75, 3.05) is 6.26 Å². The van der Waals surface area contributed by atoms with Crippen molar-refractivity contribution in [1.29, 1.82) is 0 Å². The van der Waals surface area contributed by atoms with E-state index in [0.29, 0.717) is 0 Å². The number of rotatable bonds is 5. The predicted molar refractivity (Wildman–Crippen MR) is 63.6 cm³/mol. The fourth-order valence-corrected chi connectivity index (χ4v) is 4.56. The third-order valence-corrected chi connectivity index (χ3v) is 5.76. The van der Waals surface area contributed by atoms with E-state index in [1.54, 1.807) is 0 Å². The molecular weight excluding hydrogens is 356 g/mol. The van der Waals surface area contributed by atoms with Gasteiger partial charge in [0.25, 0.3) is 10.1 Å². The monoisotopic (exact) mass is 369 g/mol. The normalized spacial score (nSPS) is 33.4. The fraction of sp³-hybridized carbons (Fsp3) is 1.00. The minimum Gasteiger partial charge on any atom is -0.743 e. The first kappa shape index (κ1) is 17.9. The van der Waals surface area contributed by atoms with Crippen molar-refractivity contribution in [3.05, 3.63) is 0 Å². The van der Waals surface area contributed by atoms with Gasteiger partial charge in [-0.1, -0.05) is 0 Å². The van der Waals surface area contributed by atoms with Crippen LogP contribution in [0.3, 0.4) is 0 Å². The van der Waals surface area contributed by atoms with E-state index in [-0.39, 0.29) is 12.8 Å². The molecule has 2 fully saturated rings. The Kier molecular flexibility index (Phi) is 4.08. The summed E-state index contributed by atoms with van der Waals surface area (Å²) in [6.07, 6.45) is -0.807. The Labute approximate surface area is 124 Å². The lowest BCUT2D eigenvalue weighted by atomic mass is 9.83. The Morgan fingerprint density at radius 1 is 1.00 bits per heavy atom. The van der Waals surface area contributed by atoms with Crippen molar-refractivity contribution < 1.29 is 43.1 Å². The molecule has 130 valence electrons. The molecule has 0 N–H and O–H groups in total. The maximum Gasteiger partial charge on any atom is 0.396 e. The average Bonchev–Trinajstić information content (AvgIpc) is 2.83. The molecular formula is C10H13F4O6S2-. The van der Waals surface area contributed by atoms with Crippen LogP contribution in [0.1, 0.15) is 19.3 Å². The van der Waals surface area contributed by atoms with Gasteiger partial charge in [-0.25, -0.2) is 8.42 Å². The molecule has 0 aliphatic heterocycles. The van der Waals surface area contributed by atoms with Gasteiger partial charge in [0.05, 0.1) is 12.4 Å². The van der Waals surface area contributed by atoms with E-state index in [1.807, 2.05) is 0 Å². The van der Waals surface area contributed by atoms with Crippen LogP contribution in [0.4, 0.5) is 17.6 Å². The molecule has 0 aromatic heterocycles. The van der Waals surface area contributed by atoms with Crippen LogP contribution >= 0.6 is 0 Å². The molecule has 4 unspecified atom stereocenters. The standard InChI is InChI=1S/C10H14F4O6S2/c1-21(15,16)20-8-4-5-2-6(8)3-7(5)9(11,12)10(13,14)22(17,18)19/h5-8H,2-4H2,1H3,(H,17,18,19)/p-1. The summed E-state index contributed by atoms with van der Waals surface area (Å²) in [4.78, 5) is 0. The summed E-state index contributed by atoms with van der Waals surface area (Å²) in [5.41, 5.74) is 0. The topological polar surface area (TPSA) is 101 Å². The van der Waals surface area contributed by atoms with Crippen LogP contribution in [0.15, 0.2) is 0 Å². The summed E-state index contributed by atoms with van der Waals surface area (Å²) in [7, 11) is -10.3. The second kappa shape index (κ2) is 5.02. The first-order valence-corrected chi connectivity index (χ1v) is 9.48. The Balaban J connectivity index is 2.19. The van der Waals surface area contributed by atoms with Crippen LogP contribution in [0.25, 0.3) is 0 Å². The minimum atomic E-state index is -6.52. The van der Waals surface area contributed by atoms with Gasteiger partial charge in [0.2, 0.25) is 0 Å². The third kappa shape index (κ3) is 2.85. The van der Waals surface area contributed by atoms with Gasteiger partial charge in [-0.2, -0.15) is 26.0 Å². The van der Waals surface area contributed by atoms with Gasteiger partial charge < -0.3 is 4.55 Å². The lowest BCUT2D eigenvalue weighted by Crippen LogP contribution is -2.53. The number of hydrogen-bond acceptors (Lipinski definition) is 6. The largest absolute Gasteiger partial charge is 0.743 e. The van der Waals surface area contributed by atoms with E-state index >= 15 is 0 Å². The van der Waals surface area contributed by atoms with Crippen molar-refractivity contribution >= 4 is 20.2 Å². The molecule has 2 saturated carbocycles. The van der Waals surface area contributed by atoms with Gasteiger partial charge in [0.15, 0.2) is 10.1 Å². The average molecular weight is 369 g/mol. The molecule has 2 aliphatic carbocycles. The van der Waals surface area contributed by atoms with E-state index in [9.17, 15) is 39.0 Å². The van der Waals surface area contributed by atoms with Crippen molar-refractivity contribution in [1.82, 2.24) is 0 Å². The second-order valence-electron chi connectivity index (χ2n) is 5.77. The molecule has 0 radical (unpaired) electrons. The zero-order chi connectivity index (χ0) is 17.1. The van der Waals surface area contributed by atoms with Crippen LogP contribution in [-0.2, 0) is 24.4 Å². The van der Waals surface area contributed by atoms with Crippen molar-refractivity contribution in [3.63, 3.8) is 0 Å². The summed E-state index contributed by atoms with van der Waals surface area (Å²) >= 11 is 0. The van der Waals surface area contributed by atoms with Crippen molar-refractivity contribution in [3.8, 4) is 0 Å². The number of fused-ring (bicyclic) bond motifs is 2. The van der Waals surface area contributed by atoms with E-state index in [1.165, 1.54) is 0 Å². The third-order valence-electron chi connectivity index (χ3n) is 4.26. The first-order valence-electron chi connectivity index (χ1n) is 6.26. The molecule has 0 aromatic carbocycles. The second-order valence-corrected chi connectivity index (χ2v) is 8.79. The molecule has 6 nitrogen and oxygen atoms in total. The van der Waals surface area contributed by atoms with E-state index in [0.717, 1.165) is 6.26 Å². The predicted octanol–water partition coefficient (Wildman–Crippen LogP) is 1.15. The van der Waals surface area contributed by atoms with E-state index in [4.69, 9.17) is 4.18 Å². The molecule has 0 spiro atoms. The molecule has 0 saturated heterocycles. The zero-order valence-electron chi connectivity index (χ0n) is 11.2. The molecule has 0 amide bonds. The molecule has 0 heterocycles. The fourth-order valence-electron chi connectivity index (χ4n) is 3.39. The molecule has 2 bridgehead atoms. The maximum atomic E-state index is 13.8. The van der Waals surface area contributed by atoms with Crippen LogP contribution in [0, 0.1) is 17.8 Å². The molecule has 2 aliphatic rings. The van der Waals surface area contributed by atoms with Gasteiger partial charge in [0, 0.05) is 5.92 Å². The molecule has 4 atom stereocenters. The Bertz CT molecular complexity index is 659. The Hall–Kier alpha value is -0.460. The Morgan fingerprint density at radius 2 is 1.55 bits per heavy atom. The maximum absolute atomic E-state index is 13.8. The molecule has 22 heavy (non-hydrogen) atoms.